The second kappa shape index (κ2) is 9.02. The lowest BCUT2D eigenvalue weighted by atomic mass is 10.1. The van der Waals surface area contributed by atoms with Crippen LogP contribution in [0.5, 0.6) is 0 Å². The largest absolute Gasteiger partial charge is 0.349 e. The van der Waals surface area contributed by atoms with Crippen molar-refractivity contribution in [2.45, 2.75) is 23.8 Å². The summed E-state index contributed by atoms with van der Waals surface area (Å²) in [5.41, 5.74) is 0.934. The Hall–Kier alpha value is -2.09. The number of carbonyl (C=O) groups is 1. The molecule has 3 rings (SSSR count). The number of carbonyl (C=O) groups excluding carboxylic acids is 1. The summed E-state index contributed by atoms with van der Waals surface area (Å²) in [7, 11) is -3.63. The van der Waals surface area contributed by atoms with E-state index < -0.39 is 10.0 Å². The minimum absolute atomic E-state index is 0. The molecule has 0 aromatic heterocycles. The lowest BCUT2D eigenvalue weighted by molar-refractivity contribution is 0.0929. The van der Waals surface area contributed by atoms with E-state index in [0.717, 1.165) is 25.9 Å². The van der Waals surface area contributed by atoms with Crippen LogP contribution in [-0.2, 0) is 10.0 Å². The number of piperidine rings is 1. The molecule has 0 unspecified atom stereocenters. The van der Waals surface area contributed by atoms with Crippen molar-refractivity contribution in [3.63, 3.8) is 0 Å². The predicted octanol–water partition coefficient (Wildman–Crippen LogP) is 2.39. The zero-order valence-corrected chi connectivity index (χ0v) is 15.8. The van der Waals surface area contributed by atoms with E-state index in [-0.39, 0.29) is 29.3 Å². The summed E-state index contributed by atoms with van der Waals surface area (Å²) in [6, 6.07) is 14.8. The van der Waals surface area contributed by atoms with Crippen molar-refractivity contribution >= 4 is 34.0 Å². The fraction of sp³-hybridized carbons (Fsp3) is 0.278. The normalized spacial score (nSPS) is 14.9. The average molecular weight is 396 g/mol. The maximum atomic E-state index is 12.3. The number of halogens is 1. The van der Waals surface area contributed by atoms with Gasteiger partial charge in [0, 0.05) is 17.3 Å². The van der Waals surface area contributed by atoms with Gasteiger partial charge in [-0.2, -0.15) is 0 Å². The van der Waals surface area contributed by atoms with E-state index in [1.54, 1.807) is 42.5 Å². The molecule has 1 aliphatic rings. The van der Waals surface area contributed by atoms with Crippen molar-refractivity contribution in [2.75, 3.05) is 17.8 Å². The van der Waals surface area contributed by atoms with Gasteiger partial charge in [-0.3, -0.25) is 9.52 Å². The molecule has 0 aliphatic carbocycles. The van der Waals surface area contributed by atoms with E-state index >= 15 is 0 Å². The van der Waals surface area contributed by atoms with E-state index in [1.165, 1.54) is 12.1 Å². The zero-order chi connectivity index (χ0) is 17.7. The van der Waals surface area contributed by atoms with Crippen LogP contribution in [0, 0.1) is 0 Å². The molecule has 1 heterocycles. The topological polar surface area (TPSA) is 87.3 Å². The van der Waals surface area contributed by atoms with Crippen LogP contribution >= 0.6 is 12.4 Å². The first-order chi connectivity index (χ1) is 12.0. The SMILES string of the molecule is Cl.O=C(NC1CCNCC1)c1ccc(NS(=O)(=O)c2ccccc2)cc1. The van der Waals surface area contributed by atoms with Gasteiger partial charge < -0.3 is 10.6 Å². The van der Waals surface area contributed by atoms with E-state index in [9.17, 15) is 13.2 Å². The Morgan fingerprint density at radius 2 is 1.58 bits per heavy atom. The summed E-state index contributed by atoms with van der Waals surface area (Å²) in [6.07, 6.45) is 1.83. The van der Waals surface area contributed by atoms with Gasteiger partial charge in [0.05, 0.1) is 4.90 Å². The van der Waals surface area contributed by atoms with Gasteiger partial charge in [-0.05, 0) is 62.3 Å². The number of hydrogen-bond acceptors (Lipinski definition) is 4. The fourth-order valence-electron chi connectivity index (χ4n) is 2.74. The molecule has 3 N–H and O–H groups in total. The van der Waals surface area contributed by atoms with Gasteiger partial charge in [0.15, 0.2) is 0 Å². The zero-order valence-electron chi connectivity index (χ0n) is 14.1. The molecule has 0 bridgehead atoms. The third kappa shape index (κ3) is 5.20. The van der Waals surface area contributed by atoms with Gasteiger partial charge in [0.1, 0.15) is 0 Å². The van der Waals surface area contributed by atoms with E-state index in [4.69, 9.17) is 0 Å². The maximum absolute atomic E-state index is 12.3. The Balaban J connectivity index is 0.00000243. The highest BCUT2D eigenvalue weighted by molar-refractivity contribution is 7.92. The van der Waals surface area contributed by atoms with Crippen LogP contribution in [-0.4, -0.2) is 33.5 Å². The Morgan fingerprint density at radius 3 is 2.19 bits per heavy atom. The number of hydrogen-bond donors (Lipinski definition) is 3. The van der Waals surface area contributed by atoms with Crippen molar-refractivity contribution in [3.8, 4) is 0 Å². The van der Waals surface area contributed by atoms with Gasteiger partial charge in [0.25, 0.3) is 15.9 Å². The first-order valence-electron chi connectivity index (χ1n) is 8.24. The lowest BCUT2D eigenvalue weighted by Gasteiger charge is -2.23. The third-order valence-corrected chi connectivity index (χ3v) is 5.52. The highest BCUT2D eigenvalue weighted by Gasteiger charge is 2.17. The van der Waals surface area contributed by atoms with Crippen molar-refractivity contribution in [3.05, 3.63) is 60.2 Å². The molecule has 2 aromatic carbocycles. The lowest BCUT2D eigenvalue weighted by Crippen LogP contribution is -2.42. The second-order valence-electron chi connectivity index (χ2n) is 5.99. The van der Waals surface area contributed by atoms with Crippen molar-refractivity contribution < 1.29 is 13.2 Å². The van der Waals surface area contributed by atoms with Crippen molar-refractivity contribution in [2.24, 2.45) is 0 Å². The summed E-state index contributed by atoms with van der Waals surface area (Å²) >= 11 is 0. The summed E-state index contributed by atoms with van der Waals surface area (Å²) in [5, 5.41) is 6.27. The van der Waals surface area contributed by atoms with Crippen molar-refractivity contribution in [1.29, 1.82) is 0 Å². The molecule has 0 atom stereocenters. The Morgan fingerprint density at radius 1 is 0.962 bits per heavy atom. The first-order valence-corrected chi connectivity index (χ1v) is 9.72. The quantitative estimate of drug-likeness (QED) is 0.725. The van der Waals surface area contributed by atoms with E-state index in [2.05, 4.69) is 15.4 Å². The second-order valence-corrected chi connectivity index (χ2v) is 7.68. The molecule has 1 amide bonds. The van der Waals surface area contributed by atoms with Gasteiger partial charge >= 0.3 is 0 Å². The molecule has 1 fully saturated rings. The van der Waals surface area contributed by atoms with Gasteiger partial charge in [-0.15, -0.1) is 12.4 Å². The highest BCUT2D eigenvalue weighted by atomic mass is 35.5. The molecule has 0 saturated carbocycles. The summed E-state index contributed by atoms with van der Waals surface area (Å²) < 4.78 is 27.1. The molecule has 6 nitrogen and oxygen atoms in total. The number of rotatable bonds is 5. The molecule has 1 aliphatic heterocycles. The number of anilines is 1. The van der Waals surface area contributed by atoms with E-state index in [0.29, 0.717) is 11.3 Å². The molecule has 8 heteroatoms. The number of sulfonamides is 1. The van der Waals surface area contributed by atoms with Crippen molar-refractivity contribution in [1.82, 2.24) is 10.6 Å². The molecule has 2 aromatic rings. The minimum Gasteiger partial charge on any atom is -0.349 e. The predicted molar refractivity (Wildman–Crippen MR) is 104 cm³/mol. The highest BCUT2D eigenvalue weighted by Crippen LogP contribution is 2.16. The van der Waals surface area contributed by atoms with Crippen LogP contribution in [0.3, 0.4) is 0 Å². The van der Waals surface area contributed by atoms with Gasteiger partial charge in [-0.25, -0.2) is 8.42 Å². The molecular formula is C18H22ClN3O3S. The molecule has 140 valence electrons. The Labute approximate surface area is 159 Å². The Bertz CT molecular complexity index is 821. The van der Waals surface area contributed by atoms with Crippen LogP contribution in [0.25, 0.3) is 0 Å². The smallest absolute Gasteiger partial charge is 0.261 e. The molecular weight excluding hydrogens is 374 g/mol. The van der Waals surface area contributed by atoms with Crippen LogP contribution < -0.4 is 15.4 Å². The Kier molecular flexibility index (Phi) is 7.02. The first kappa shape index (κ1) is 20.2. The third-order valence-electron chi connectivity index (χ3n) is 4.13. The summed E-state index contributed by atoms with van der Waals surface area (Å²) in [4.78, 5) is 12.5. The molecule has 1 saturated heterocycles. The fourth-order valence-corrected chi connectivity index (χ4v) is 3.82. The van der Waals surface area contributed by atoms with Crippen LogP contribution in [0.1, 0.15) is 23.2 Å². The molecule has 0 spiro atoms. The summed E-state index contributed by atoms with van der Waals surface area (Å²) in [6.45, 7) is 1.82. The van der Waals surface area contributed by atoms with Gasteiger partial charge in [-0.1, -0.05) is 18.2 Å². The number of benzene rings is 2. The molecule has 0 radical (unpaired) electrons. The number of amides is 1. The average Bonchev–Trinajstić information content (AvgIpc) is 2.63. The van der Waals surface area contributed by atoms with Gasteiger partial charge in [0.2, 0.25) is 0 Å². The summed E-state index contributed by atoms with van der Waals surface area (Å²) in [5.74, 6) is -0.135. The van der Waals surface area contributed by atoms with Crippen LogP contribution in [0.15, 0.2) is 59.5 Å². The number of nitrogens with one attached hydrogen (secondary N) is 3. The van der Waals surface area contributed by atoms with Crippen LogP contribution in [0.4, 0.5) is 5.69 Å². The maximum Gasteiger partial charge on any atom is 0.261 e. The van der Waals surface area contributed by atoms with Crippen LogP contribution in [0.2, 0.25) is 0 Å². The molecule has 26 heavy (non-hydrogen) atoms. The standard InChI is InChI=1S/C18H21N3O3S.ClH/c22-18(20-15-10-12-19-13-11-15)14-6-8-16(9-7-14)21-25(23,24)17-4-2-1-3-5-17;/h1-9,15,19,21H,10-13H2,(H,20,22);1H. The van der Waals surface area contributed by atoms with E-state index in [1.807, 2.05) is 0 Å². The monoisotopic (exact) mass is 395 g/mol. The minimum atomic E-state index is -3.63.